The minimum Gasteiger partial charge on any atom is -0.332 e. The van der Waals surface area contributed by atoms with E-state index in [1.54, 1.807) is 11.1 Å². The zero-order chi connectivity index (χ0) is 14.4. The summed E-state index contributed by atoms with van der Waals surface area (Å²) >= 11 is 0. The lowest BCUT2D eigenvalue weighted by Crippen LogP contribution is -2.35. The van der Waals surface area contributed by atoms with Crippen LogP contribution in [0.1, 0.15) is 21.6 Å². The summed E-state index contributed by atoms with van der Waals surface area (Å²) in [6.45, 7) is 3.39. The van der Waals surface area contributed by atoms with Crippen molar-refractivity contribution in [3.8, 4) is 0 Å². The number of aromatic nitrogens is 1. The Kier molecular flexibility index (Phi) is 4.85. The first-order valence-corrected chi connectivity index (χ1v) is 6.67. The van der Waals surface area contributed by atoms with Crippen molar-refractivity contribution in [1.29, 1.82) is 0 Å². The summed E-state index contributed by atoms with van der Waals surface area (Å²) in [5.74, 6) is -0.0718. The van der Waals surface area contributed by atoms with Crippen LogP contribution in [0, 0.1) is 6.92 Å². The Morgan fingerprint density at radius 2 is 1.95 bits per heavy atom. The second kappa shape index (κ2) is 6.82. The Morgan fingerprint density at radius 3 is 2.60 bits per heavy atom. The van der Waals surface area contributed by atoms with E-state index in [0.717, 1.165) is 11.1 Å². The second-order valence-electron chi connectivity index (χ2n) is 4.67. The minimum absolute atomic E-state index is 0.0718. The lowest BCUT2D eigenvalue weighted by atomic mass is 10.1. The quantitative estimate of drug-likeness (QED) is 0.903. The summed E-state index contributed by atoms with van der Waals surface area (Å²) in [7, 11) is 0. The third-order valence-corrected chi connectivity index (χ3v) is 3.11. The molecule has 0 saturated carbocycles. The molecule has 104 valence electrons. The lowest BCUT2D eigenvalue weighted by Gasteiger charge is -2.22. The van der Waals surface area contributed by atoms with Gasteiger partial charge >= 0.3 is 0 Å². The van der Waals surface area contributed by atoms with E-state index in [2.05, 4.69) is 4.98 Å². The van der Waals surface area contributed by atoms with Crippen molar-refractivity contribution in [2.24, 2.45) is 5.73 Å². The number of pyridine rings is 1. The highest BCUT2D eigenvalue weighted by Gasteiger charge is 2.18. The highest BCUT2D eigenvalue weighted by Crippen LogP contribution is 2.11. The molecule has 1 amide bonds. The molecule has 4 nitrogen and oxygen atoms in total. The number of nitrogens with two attached hydrogens (primary N) is 1. The van der Waals surface area contributed by atoms with E-state index >= 15 is 0 Å². The zero-order valence-electron chi connectivity index (χ0n) is 11.6. The van der Waals surface area contributed by atoms with Crippen LogP contribution in [0.3, 0.4) is 0 Å². The molecule has 0 atom stereocenters. The Labute approximate surface area is 119 Å². The molecule has 2 rings (SSSR count). The number of nitrogens with zero attached hydrogens (tertiary/aromatic N) is 2. The van der Waals surface area contributed by atoms with Crippen molar-refractivity contribution in [2.45, 2.75) is 13.5 Å². The third-order valence-electron chi connectivity index (χ3n) is 3.11. The summed E-state index contributed by atoms with van der Waals surface area (Å²) in [5.41, 5.74) is 8.09. The lowest BCUT2D eigenvalue weighted by molar-refractivity contribution is 0.0741. The smallest absolute Gasteiger partial charge is 0.273 e. The molecule has 2 N–H and O–H groups in total. The van der Waals surface area contributed by atoms with Crippen LogP contribution in [-0.2, 0) is 6.54 Å². The van der Waals surface area contributed by atoms with Gasteiger partial charge in [-0.1, -0.05) is 36.4 Å². The molecule has 1 aromatic heterocycles. The van der Waals surface area contributed by atoms with E-state index in [-0.39, 0.29) is 5.91 Å². The van der Waals surface area contributed by atoms with Crippen LogP contribution >= 0.6 is 0 Å². The maximum absolute atomic E-state index is 12.6. The number of amides is 1. The van der Waals surface area contributed by atoms with E-state index < -0.39 is 0 Å². The first-order valence-electron chi connectivity index (χ1n) is 6.67. The average molecular weight is 269 g/mol. The molecule has 0 fully saturated rings. The first kappa shape index (κ1) is 14.2. The van der Waals surface area contributed by atoms with E-state index in [1.807, 2.05) is 49.4 Å². The molecule has 0 saturated heterocycles. The predicted molar refractivity (Wildman–Crippen MR) is 79.2 cm³/mol. The SMILES string of the molecule is Cc1cccnc1C(=O)N(CCN)Cc1ccccc1. The Hall–Kier alpha value is -2.20. The van der Waals surface area contributed by atoms with E-state index in [1.165, 1.54) is 0 Å². The van der Waals surface area contributed by atoms with Gasteiger partial charge in [-0.15, -0.1) is 0 Å². The zero-order valence-corrected chi connectivity index (χ0v) is 11.6. The van der Waals surface area contributed by atoms with Gasteiger partial charge in [-0.3, -0.25) is 9.78 Å². The molecule has 0 aliphatic rings. The highest BCUT2D eigenvalue weighted by molar-refractivity contribution is 5.93. The third kappa shape index (κ3) is 3.42. The van der Waals surface area contributed by atoms with Crippen LogP contribution in [-0.4, -0.2) is 28.9 Å². The Balaban J connectivity index is 2.20. The average Bonchev–Trinajstić information content (AvgIpc) is 2.48. The number of hydrogen-bond donors (Lipinski definition) is 1. The van der Waals surface area contributed by atoms with Crippen LogP contribution < -0.4 is 5.73 Å². The second-order valence-corrected chi connectivity index (χ2v) is 4.67. The van der Waals surface area contributed by atoms with E-state index in [0.29, 0.717) is 25.3 Å². The molecule has 4 heteroatoms. The molecule has 20 heavy (non-hydrogen) atoms. The molecule has 0 aliphatic heterocycles. The Morgan fingerprint density at radius 1 is 1.20 bits per heavy atom. The summed E-state index contributed by atoms with van der Waals surface area (Å²) in [4.78, 5) is 18.5. The van der Waals surface area contributed by atoms with Crippen LogP contribution in [0.5, 0.6) is 0 Å². The van der Waals surface area contributed by atoms with Gasteiger partial charge in [-0.2, -0.15) is 0 Å². The fraction of sp³-hybridized carbons (Fsp3) is 0.250. The molecule has 1 heterocycles. The highest BCUT2D eigenvalue weighted by atomic mass is 16.2. The number of benzene rings is 1. The number of rotatable bonds is 5. The molecular formula is C16H19N3O. The van der Waals surface area contributed by atoms with Gasteiger partial charge < -0.3 is 10.6 Å². The van der Waals surface area contributed by atoms with Crippen LogP contribution in [0.15, 0.2) is 48.7 Å². The molecule has 2 aromatic rings. The molecule has 0 bridgehead atoms. The van der Waals surface area contributed by atoms with Crippen LogP contribution in [0.2, 0.25) is 0 Å². The fourth-order valence-corrected chi connectivity index (χ4v) is 2.07. The molecule has 0 radical (unpaired) electrons. The monoisotopic (exact) mass is 269 g/mol. The van der Waals surface area contributed by atoms with Gasteiger partial charge in [0.2, 0.25) is 0 Å². The Bertz CT molecular complexity index is 569. The van der Waals surface area contributed by atoms with Gasteiger partial charge in [0.15, 0.2) is 0 Å². The maximum atomic E-state index is 12.6. The largest absolute Gasteiger partial charge is 0.332 e. The first-order chi connectivity index (χ1) is 9.72. The summed E-state index contributed by atoms with van der Waals surface area (Å²) in [6, 6.07) is 13.6. The van der Waals surface area contributed by atoms with Crippen molar-refractivity contribution in [1.82, 2.24) is 9.88 Å². The van der Waals surface area contributed by atoms with Crippen molar-refractivity contribution >= 4 is 5.91 Å². The van der Waals surface area contributed by atoms with E-state index in [4.69, 9.17) is 5.73 Å². The standard InChI is InChI=1S/C16H19N3O/c1-13-6-5-10-18-15(13)16(20)19(11-9-17)12-14-7-3-2-4-8-14/h2-8,10H,9,11-12,17H2,1H3. The van der Waals surface area contributed by atoms with Crippen LogP contribution in [0.4, 0.5) is 0 Å². The minimum atomic E-state index is -0.0718. The van der Waals surface area contributed by atoms with Gasteiger partial charge in [-0.05, 0) is 24.1 Å². The maximum Gasteiger partial charge on any atom is 0.273 e. The van der Waals surface area contributed by atoms with Crippen molar-refractivity contribution < 1.29 is 4.79 Å². The van der Waals surface area contributed by atoms with E-state index in [9.17, 15) is 4.79 Å². The van der Waals surface area contributed by atoms with Gasteiger partial charge in [0.05, 0.1) is 0 Å². The predicted octanol–water partition coefficient (Wildman–Crippen LogP) is 1.99. The number of aryl methyl sites for hydroxylation is 1. The van der Waals surface area contributed by atoms with Gasteiger partial charge in [0.1, 0.15) is 5.69 Å². The van der Waals surface area contributed by atoms with Gasteiger partial charge in [0.25, 0.3) is 5.91 Å². The topological polar surface area (TPSA) is 59.2 Å². The molecular weight excluding hydrogens is 250 g/mol. The number of carbonyl (C=O) groups is 1. The van der Waals surface area contributed by atoms with Crippen molar-refractivity contribution in [3.63, 3.8) is 0 Å². The number of hydrogen-bond acceptors (Lipinski definition) is 3. The normalized spacial score (nSPS) is 10.3. The fourth-order valence-electron chi connectivity index (χ4n) is 2.07. The molecule has 0 spiro atoms. The van der Waals surface area contributed by atoms with Crippen molar-refractivity contribution in [2.75, 3.05) is 13.1 Å². The van der Waals surface area contributed by atoms with Crippen molar-refractivity contribution in [3.05, 3.63) is 65.5 Å². The van der Waals surface area contributed by atoms with Gasteiger partial charge in [-0.25, -0.2) is 0 Å². The summed E-state index contributed by atoms with van der Waals surface area (Å²) in [6.07, 6.45) is 1.64. The van der Waals surface area contributed by atoms with Gasteiger partial charge in [0, 0.05) is 25.8 Å². The molecule has 0 unspecified atom stereocenters. The van der Waals surface area contributed by atoms with Crippen LogP contribution in [0.25, 0.3) is 0 Å². The summed E-state index contributed by atoms with van der Waals surface area (Å²) < 4.78 is 0. The number of carbonyl (C=O) groups excluding carboxylic acids is 1. The summed E-state index contributed by atoms with van der Waals surface area (Å²) in [5, 5.41) is 0. The molecule has 1 aromatic carbocycles. The molecule has 0 aliphatic carbocycles.